The molecular weight excluding hydrogens is 540 g/mol. The van der Waals surface area contributed by atoms with Crippen molar-refractivity contribution in [1.82, 2.24) is 15.0 Å². The lowest BCUT2D eigenvalue weighted by Gasteiger charge is -2.25. The van der Waals surface area contributed by atoms with Gasteiger partial charge in [-0.15, -0.1) is 0 Å². The maximum Gasteiger partial charge on any atom is 0.167 e. The first-order valence-corrected chi connectivity index (χ1v) is 14.9. The van der Waals surface area contributed by atoms with Gasteiger partial charge in [0.15, 0.2) is 17.5 Å². The van der Waals surface area contributed by atoms with Crippen LogP contribution in [0.25, 0.3) is 56.1 Å². The number of anilines is 2. The summed E-state index contributed by atoms with van der Waals surface area (Å²) in [5.41, 5.74) is 9.28. The van der Waals surface area contributed by atoms with Crippen molar-refractivity contribution < 1.29 is 4.42 Å². The predicted octanol–water partition coefficient (Wildman–Crippen LogP) is 9.85. The van der Waals surface area contributed by atoms with Gasteiger partial charge in [-0.25, -0.2) is 15.0 Å². The van der Waals surface area contributed by atoms with Crippen LogP contribution in [0.3, 0.4) is 0 Å². The third-order valence-electron chi connectivity index (χ3n) is 8.62. The van der Waals surface area contributed by atoms with Gasteiger partial charge in [0.2, 0.25) is 0 Å². The summed E-state index contributed by atoms with van der Waals surface area (Å²) in [5.74, 6) is 2.18. The van der Waals surface area contributed by atoms with E-state index >= 15 is 0 Å². The van der Waals surface area contributed by atoms with Crippen LogP contribution in [0.15, 0.2) is 150 Å². The molecule has 1 aliphatic carbocycles. The average molecular weight is 567 g/mol. The summed E-state index contributed by atoms with van der Waals surface area (Å²) in [4.78, 5) is 17.5. The minimum Gasteiger partial charge on any atom is -0.455 e. The molecule has 5 aromatic carbocycles. The molecule has 0 saturated carbocycles. The van der Waals surface area contributed by atoms with Crippen LogP contribution >= 0.6 is 0 Å². The summed E-state index contributed by atoms with van der Waals surface area (Å²) in [5, 5.41) is 2.12. The summed E-state index contributed by atoms with van der Waals surface area (Å²) in [7, 11) is 0. The number of allylic oxidation sites excluding steroid dienone is 4. The van der Waals surface area contributed by atoms with E-state index in [1.54, 1.807) is 0 Å². The zero-order valence-corrected chi connectivity index (χ0v) is 23.8. The second kappa shape index (κ2) is 9.89. The molecule has 0 N–H and O–H groups in total. The smallest absolute Gasteiger partial charge is 0.167 e. The van der Waals surface area contributed by atoms with Gasteiger partial charge in [-0.05, 0) is 48.4 Å². The number of benzene rings is 5. The number of aromatic nitrogens is 3. The molecule has 44 heavy (non-hydrogen) atoms. The Kier molecular flexibility index (Phi) is 5.56. The van der Waals surface area contributed by atoms with Crippen LogP contribution in [-0.2, 0) is 0 Å². The number of para-hydroxylation sites is 3. The molecule has 2 aliphatic rings. The van der Waals surface area contributed by atoms with Crippen LogP contribution in [0.1, 0.15) is 17.9 Å². The Bertz CT molecular complexity index is 2280. The number of fused-ring (bicyclic) bond motifs is 6. The average Bonchev–Trinajstić information content (AvgIpc) is 3.65. The number of hydrogen-bond donors (Lipinski definition) is 0. The molecule has 9 rings (SSSR count). The summed E-state index contributed by atoms with van der Waals surface area (Å²) in [6.45, 7) is 0. The van der Waals surface area contributed by atoms with Crippen molar-refractivity contribution in [3.8, 4) is 34.2 Å². The van der Waals surface area contributed by atoms with Crippen molar-refractivity contribution >= 4 is 33.3 Å². The number of rotatable bonds is 4. The lowest BCUT2D eigenvalue weighted by Crippen LogP contribution is -2.14. The lowest BCUT2D eigenvalue weighted by atomic mass is 9.92. The van der Waals surface area contributed by atoms with Crippen LogP contribution in [0.5, 0.6) is 0 Å². The second-order valence-corrected chi connectivity index (χ2v) is 11.2. The van der Waals surface area contributed by atoms with Crippen molar-refractivity contribution in [2.45, 2.75) is 12.3 Å². The summed E-state index contributed by atoms with van der Waals surface area (Å²) < 4.78 is 6.38. The quantitative estimate of drug-likeness (QED) is 0.212. The van der Waals surface area contributed by atoms with Gasteiger partial charge in [-0.1, -0.05) is 103 Å². The van der Waals surface area contributed by atoms with E-state index in [-0.39, 0.29) is 0 Å². The fourth-order valence-corrected chi connectivity index (χ4v) is 6.60. The third kappa shape index (κ3) is 3.90. The monoisotopic (exact) mass is 566 g/mol. The third-order valence-corrected chi connectivity index (χ3v) is 8.62. The highest BCUT2D eigenvalue weighted by molar-refractivity contribution is 6.09. The van der Waals surface area contributed by atoms with Gasteiger partial charge >= 0.3 is 0 Å². The highest BCUT2D eigenvalue weighted by Crippen LogP contribution is 2.50. The lowest BCUT2D eigenvalue weighted by molar-refractivity contribution is 0.669. The topological polar surface area (TPSA) is 55.1 Å². The van der Waals surface area contributed by atoms with E-state index in [0.717, 1.165) is 50.7 Å². The maximum absolute atomic E-state index is 6.38. The van der Waals surface area contributed by atoms with Gasteiger partial charge in [-0.3, -0.25) is 0 Å². The minimum atomic E-state index is 0.359. The van der Waals surface area contributed by atoms with Gasteiger partial charge in [-0.2, -0.15) is 0 Å². The molecule has 5 nitrogen and oxygen atoms in total. The number of hydrogen-bond acceptors (Lipinski definition) is 5. The van der Waals surface area contributed by atoms with Crippen molar-refractivity contribution in [1.29, 1.82) is 0 Å². The Morgan fingerprint density at radius 1 is 0.636 bits per heavy atom. The Hall–Kier alpha value is -5.81. The van der Waals surface area contributed by atoms with E-state index in [0.29, 0.717) is 23.4 Å². The SMILES string of the molecule is C1=CCC2C(=C1)N(c1cccc(-c3nc(-c4ccccc4)nc(-c4cccc5c4oc4ccccc45)n3)c1)c1ccccc12. The largest absolute Gasteiger partial charge is 0.455 e. The summed E-state index contributed by atoms with van der Waals surface area (Å²) >= 11 is 0. The normalized spacial score (nSPS) is 15.4. The van der Waals surface area contributed by atoms with Crippen LogP contribution in [0, 0.1) is 0 Å². The predicted molar refractivity (Wildman–Crippen MR) is 177 cm³/mol. The van der Waals surface area contributed by atoms with Crippen molar-refractivity contribution in [2.24, 2.45) is 0 Å². The number of nitrogens with zero attached hydrogens (tertiary/aromatic N) is 4. The Morgan fingerprint density at radius 3 is 2.30 bits per heavy atom. The molecule has 7 aromatic rings. The Morgan fingerprint density at radius 2 is 1.36 bits per heavy atom. The first kappa shape index (κ1) is 24.8. The maximum atomic E-state index is 6.38. The van der Waals surface area contributed by atoms with Crippen LogP contribution in [-0.4, -0.2) is 15.0 Å². The van der Waals surface area contributed by atoms with E-state index in [4.69, 9.17) is 19.4 Å². The van der Waals surface area contributed by atoms with E-state index in [1.807, 2.05) is 60.7 Å². The molecule has 0 spiro atoms. The molecule has 0 bridgehead atoms. The molecular formula is C39H26N4O. The summed E-state index contributed by atoms with van der Waals surface area (Å²) in [6.07, 6.45) is 7.66. The van der Waals surface area contributed by atoms with Gasteiger partial charge in [0.25, 0.3) is 0 Å². The fraction of sp³-hybridized carbons (Fsp3) is 0.0513. The molecule has 2 aromatic heterocycles. The first-order chi connectivity index (χ1) is 21.8. The molecule has 5 heteroatoms. The molecule has 1 unspecified atom stereocenters. The first-order valence-electron chi connectivity index (χ1n) is 14.9. The van der Waals surface area contributed by atoms with Crippen molar-refractivity contribution in [3.05, 3.63) is 151 Å². The zero-order valence-electron chi connectivity index (χ0n) is 23.8. The van der Waals surface area contributed by atoms with Crippen LogP contribution in [0.4, 0.5) is 11.4 Å². The van der Waals surface area contributed by atoms with Gasteiger partial charge in [0, 0.05) is 44.9 Å². The van der Waals surface area contributed by atoms with Crippen molar-refractivity contribution in [3.63, 3.8) is 0 Å². The molecule has 0 amide bonds. The van der Waals surface area contributed by atoms with E-state index < -0.39 is 0 Å². The molecule has 0 saturated heterocycles. The van der Waals surface area contributed by atoms with E-state index in [9.17, 15) is 0 Å². The highest BCUT2D eigenvalue weighted by atomic mass is 16.3. The second-order valence-electron chi connectivity index (χ2n) is 11.2. The standard InChI is InChI=1S/C39H26N4O/c1-2-12-25(13-3-1)37-40-38(42-39(41-37)32-20-11-19-31-30-18-6-9-23-35(30)44-36(31)32)26-14-10-15-27(24-26)43-33-21-7-4-16-28(33)29-17-5-8-22-34(29)43/h1-16,18-24,29H,17H2. The highest BCUT2D eigenvalue weighted by Gasteiger charge is 2.34. The molecule has 0 radical (unpaired) electrons. The molecule has 0 fully saturated rings. The van der Waals surface area contributed by atoms with Gasteiger partial charge in [0.05, 0.1) is 5.56 Å². The van der Waals surface area contributed by atoms with Gasteiger partial charge in [0.1, 0.15) is 11.2 Å². The van der Waals surface area contributed by atoms with E-state index in [1.165, 1.54) is 16.9 Å². The summed E-state index contributed by atoms with van der Waals surface area (Å²) in [6, 6.07) is 41.6. The van der Waals surface area contributed by atoms with Gasteiger partial charge < -0.3 is 9.32 Å². The minimum absolute atomic E-state index is 0.359. The van der Waals surface area contributed by atoms with Crippen LogP contribution in [0.2, 0.25) is 0 Å². The van der Waals surface area contributed by atoms with E-state index in [2.05, 4.69) is 83.8 Å². The Labute approximate surface area is 254 Å². The molecule has 1 atom stereocenters. The molecule has 208 valence electrons. The molecule has 3 heterocycles. The van der Waals surface area contributed by atoms with Crippen molar-refractivity contribution in [2.75, 3.05) is 4.90 Å². The molecule has 1 aliphatic heterocycles. The fourth-order valence-electron chi connectivity index (χ4n) is 6.60. The number of furan rings is 1. The van der Waals surface area contributed by atoms with Crippen LogP contribution < -0.4 is 4.90 Å². The zero-order chi connectivity index (χ0) is 29.0. The Balaban J connectivity index is 1.23.